The summed E-state index contributed by atoms with van der Waals surface area (Å²) in [5.41, 5.74) is -0.00777. The second-order valence-corrected chi connectivity index (χ2v) is 9.12. The van der Waals surface area contributed by atoms with Crippen LogP contribution in [0.4, 0.5) is 5.69 Å². The third-order valence-electron chi connectivity index (χ3n) is 4.56. The van der Waals surface area contributed by atoms with Gasteiger partial charge in [0, 0.05) is 22.0 Å². The molecule has 0 radical (unpaired) electrons. The summed E-state index contributed by atoms with van der Waals surface area (Å²) in [6, 6.07) is 7.84. The number of benzene rings is 2. The van der Waals surface area contributed by atoms with Crippen molar-refractivity contribution in [2.45, 2.75) is 32.8 Å². The van der Waals surface area contributed by atoms with Gasteiger partial charge in [-0.2, -0.15) is 9.78 Å². The maximum Gasteiger partial charge on any atom is 0.344 e. The van der Waals surface area contributed by atoms with Crippen LogP contribution < -0.4 is 10.3 Å². The number of nitro groups is 1. The predicted molar refractivity (Wildman–Crippen MR) is 129 cm³/mol. The largest absolute Gasteiger partial charge is 0.479 e. The molecule has 0 saturated carbocycles. The van der Waals surface area contributed by atoms with Gasteiger partial charge in [0.2, 0.25) is 5.75 Å². The lowest BCUT2D eigenvalue weighted by atomic mass is 10.2. The number of nitrogens with zero attached hydrogens (tertiary/aromatic N) is 4. The van der Waals surface area contributed by atoms with Crippen molar-refractivity contribution in [3.63, 3.8) is 0 Å². The van der Waals surface area contributed by atoms with Crippen molar-refractivity contribution >= 4 is 60.6 Å². The van der Waals surface area contributed by atoms with Crippen LogP contribution in [0.5, 0.6) is 5.75 Å². The van der Waals surface area contributed by atoms with Crippen molar-refractivity contribution in [1.29, 1.82) is 0 Å². The maximum absolute atomic E-state index is 13.1. The zero-order chi connectivity index (χ0) is 24.4. The smallest absolute Gasteiger partial charge is 0.344 e. The van der Waals surface area contributed by atoms with Crippen LogP contribution >= 0.6 is 31.9 Å². The maximum atomic E-state index is 13.1. The van der Waals surface area contributed by atoms with Crippen molar-refractivity contribution in [1.82, 2.24) is 9.66 Å². The quantitative estimate of drug-likeness (QED) is 0.243. The van der Waals surface area contributed by atoms with E-state index in [-0.39, 0.29) is 21.7 Å². The molecule has 12 heteroatoms. The van der Waals surface area contributed by atoms with E-state index in [0.717, 1.165) is 4.68 Å². The highest BCUT2D eigenvalue weighted by Gasteiger charge is 2.24. The van der Waals surface area contributed by atoms with E-state index < -0.39 is 22.7 Å². The van der Waals surface area contributed by atoms with Crippen molar-refractivity contribution in [3.8, 4) is 5.75 Å². The molecule has 33 heavy (non-hydrogen) atoms. The van der Waals surface area contributed by atoms with Gasteiger partial charge in [-0.3, -0.25) is 14.9 Å². The second-order valence-electron chi connectivity index (χ2n) is 7.35. The first-order valence-electron chi connectivity index (χ1n) is 9.63. The summed E-state index contributed by atoms with van der Waals surface area (Å²) in [6.07, 6.45) is -0.00398. The van der Waals surface area contributed by atoms with Crippen LogP contribution in [0, 0.1) is 10.1 Å². The van der Waals surface area contributed by atoms with Gasteiger partial charge in [0.15, 0.2) is 6.10 Å². The van der Waals surface area contributed by atoms with Crippen LogP contribution in [0.15, 0.2) is 49.2 Å². The van der Waals surface area contributed by atoms with Crippen LogP contribution in [0.2, 0.25) is 0 Å². The molecule has 0 amide bonds. The Morgan fingerprint density at radius 1 is 1.27 bits per heavy atom. The summed E-state index contributed by atoms with van der Waals surface area (Å²) >= 11 is 6.54. The summed E-state index contributed by atoms with van der Waals surface area (Å²) in [6.45, 7) is 5.00. The summed E-state index contributed by atoms with van der Waals surface area (Å²) in [4.78, 5) is 39.6. The van der Waals surface area contributed by atoms with Crippen LogP contribution in [0.25, 0.3) is 10.9 Å². The first-order valence-corrected chi connectivity index (χ1v) is 11.2. The molecule has 0 saturated heterocycles. The number of carboxylic acid groups (broad SMARTS) is 1. The SMILES string of the molecule is CC(C)c1nc2ccc(Br)cc2c(=O)n1N=Cc1cc(Br)c(O[C@@H](C)C(=O)O)c([N+](=O)[O-])c1. The molecular weight excluding hydrogens is 564 g/mol. The van der Waals surface area contributed by atoms with Crippen molar-refractivity contribution < 1.29 is 19.6 Å². The van der Waals surface area contributed by atoms with Gasteiger partial charge in [0.1, 0.15) is 5.82 Å². The standard InChI is InChI=1S/C21H18Br2N4O6/c1-10(2)19-25-16-5-4-13(22)8-14(16)20(28)26(19)24-9-12-6-15(23)18(17(7-12)27(31)32)33-11(3)21(29)30/h4-11H,1-3H3,(H,29,30)/t11-/m0/s1. The molecule has 0 aliphatic heterocycles. The van der Waals surface area contributed by atoms with Gasteiger partial charge in [-0.25, -0.2) is 9.78 Å². The highest BCUT2D eigenvalue weighted by molar-refractivity contribution is 9.10. The van der Waals surface area contributed by atoms with E-state index in [1.165, 1.54) is 25.3 Å². The highest BCUT2D eigenvalue weighted by atomic mass is 79.9. The molecule has 3 rings (SSSR count). The van der Waals surface area contributed by atoms with Gasteiger partial charge in [-0.1, -0.05) is 29.8 Å². The monoisotopic (exact) mass is 580 g/mol. The number of hydrogen-bond acceptors (Lipinski definition) is 7. The second kappa shape index (κ2) is 9.79. The molecule has 0 unspecified atom stereocenters. The number of carboxylic acids is 1. The third-order valence-corrected chi connectivity index (χ3v) is 5.64. The minimum atomic E-state index is -1.30. The van der Waals surface area contributed by atoms with Gasteiger partial charge < -0.3 is 9.84 Å². The first-order chi connectivity index (χ1) is 15.5. The number of hydrogen-bond donors (Lipinski definition) is 1. The van der Waals surface area contributed by atoms with Crippen molar-refractivity contribution in [2.24, 2.45) is 5.10 Å². The molecule has 0 aliphatic carbocycles. The molecule has 3 aromatic rings. The predicted octanol–water partition coefficient (Wildman–Crippen LogP) is 4.69. The Balaban J connectivity index is 2.12. The molecule has 0 fully saturated rings. The lowest BCUT2D eigenvalue weighted by Crippen LogP contribution is -2.23. The molecule has 0 spiro atoms. The van der Waals surface area contributed by atoms with Crippen molar-refractivity contribution in [3.05, 3.63) is 71.1 Å². The van der Waals surface area contributed by atoms with E-state index in [2.05, 4.69) is 41.9 Å². The topological polar surface area (TPSA) is 137 Å². The van der Waals surface area contributed by atoms with Crippen LogP contribution in [0.1, 0.15) is 38.1 Å². The Bertz CT molecular complexity index is 1350. The number of carbonyl (C=O) groups is 1. The Morgan fingerprint density at radius 2 is 1.97 bits per heavy atom. The summed E-state index contributed by atoms with van der Waals surface area (Å²) in [5.74, 6) is -1.19. The lowest BCUT2D eigenvalue weighted by Gasteiger charge is -2.13. The van der Waals surface area contributed by atoms with E-state index >= 15 is 0 Å². The molecule has 2 aromatic carbocycles. The number of aliphatic carboxylic acids is 1. The molecule has 1 heterocycles. The normalized spacial score (nSPS) is 12.4. The number of halogens is 2. The number of aromatic nitrogens is 2. The third kappa shape index (κ3) is 5.28. The van der Waals surface area contributed by atoms with Crippen LogP contribution in [-0.4, -0.2) is 38.0 Å². The fourth-order valence-electron chi connectivity index (χ4n) is 2.93. The Kier molecular flexibility index (Phi) is 7.28. The first kappa shape index (κ1) is 24.5. The Labute approximate surface area is 204 Å². The lowest BCUT2D eigenvalue weighted by molar-refractivity contribution is -0.386. The molecule has 1 atom stereocenters. The van der Waals surface area contributed by atoms with Gasteiger partial charge in [-0.05, 0) is 47.1 Å². The molecule has 1 aromatic heterocycles. The zero-order valence-corrected chi connectivity index (χ0v) is 20.8. The molecule has 172 valence electrons. The molecule has 0 aliphatic rings. The zero-order valence-electron chi connectivity index (χ0n) is 17.7. The average Bonchev–Trinajstić information content (AvgIpc) is 2.74. The van der Waals surface area contributed by atoms with Gasteiger partial charge in [0.05, 0.1) is 26.5 Å². The molecule has 0 bridgehead atoms. The average molecular weight is 582 g/mol. The number of nitro benzene ring substituents is 1. The van der Waals surface area contributed by atoms with E-state index in [1.54, 1.807) is 18.2 Å². The van der Waals surface area contributed by atoms with E-state index in [4.69, 9.17) is 9.84 Å². The van der Waals surface area contributed by atoms with Gasteiger partial charge in [0.25, 0.3) is 5.56 Å². The minimum absolute atomic E-state index is 0.128. The fraction of sp³-hybridized carbons (Fsp3) is 0.238. The van der Waals surface area contributed by atoms with Gasteiger partial charge >= 0.3 is 11.7 Å². The molecule has 1 N–H and O–H groups in total. The summed E-state index contributed by atoms with van der Waals surface area (Å²) in [7, 11) is 0. The van der Waals surface area contributed by atoms with Crippen LogP contribution in [-0.2, 0) is 4.79 Å². The number of rotatable bonds is 7. The minimum Gasteiger partial charge on any atom is -0.479 e. The van der Waals surface area contributed by atoms with E-state index in [0.29, 0.717) is 26.8 Å². The summed E-state index contributed by atoms with van der Waals surface area (Å²) in [5, 5.41) is 25.2. The Morgan fingerprint density at radius 3 is 2.58 bits per heavy atom. The Hall–Kier alpha value is -3.12. The molecular formula is C21H18Br2N4O6. The van der Waals surface area contributed by atoms with Crippen molar-refractivity contribution in [2.75, 3.05) is 0 Å². The fourth-order valence-corrected chi connectivity index (χ4v) is 3.85. The molecule has 10 nitrogen and oxygen atoms in total. The highest BCUT2D eigenvalue weighted by Crippen LogP contribution is 2.37. The summed E-state index contributed by atoms with van der Waals surface area (Å²) < 4.78 is 7.29. The van der Waals surface area contributed by atoms with Crippen LogP contribution in [0.3, 0.4) is 0 Å². The van der Waals surface area contributed by atoms with Gasteiger partial charge in [-0.15, -0.1) is 0 Å². The van der Waals surface area contributed by atoms with E-state index in [9.17, 15) is 19.7 Å². The number of ether oxygens (including phenoxy) is 1. The van der Waals surface area contributed by atoms with E-state index in [1.807, 2.05) is 13.8 Å². The number of fused-ring (bicyclic) bond motifs is 1.